The molecule has 1 aliphatic carbocycles. The normalized spacial score (nSPS) is 16.2. The van der Waals surface area contributed by atoms with Crippen molar-refractivity contribution in [1.82, 2.24) is 14.3 Å². The molecule has 2 amide bonds. The highest BCUT2D eigenvalue weighted by Crippen LogP contribution is 2.39. The molecular weight excluding hydrogens is 386 g/mol. The van der Waals surface area contributed by atoms with Gasteiger partial charge in [0.15, 0.2) is 5.69 Å². The van der Waals surface area contributed by atoms with Crippen molar-refractivity contribution in [3.05, 3.63) is 51.8 Å². The molecule has 1 atom stereocenters. The van der Waals surface area contributed by atoms with Crippen molar-refractivity contribution in [2.45, 2.75) is 32.7 Å². The van der Waals surface area contributed by atoms with Gasteiger partial charge in [-0.25, -0.2) is 4.98 Å². The highest BCUT2D eigenvalue weighted by Gasteiger charge is 2.28. The SMILES string of the molecule is CC1CCc2c(sc(NC(=O)c3nc4ccccn4c3CN(C)C)c2C(N)=O)C1. The highest BCUT2D eigenvalue weighted by atomic mass is 32.1. The number of fused-ring (bicyclic) bond motifs is 2. The van der Waals surface area contributed by atoms with Crippen molar-refractivity contribution in [1.29, 1.82) is 0 Å². The second-order valence-electron chi connectivity index (χ2n) is 7.95. The molecule has 1 unspecified atom stereocenters. The summed E-state index contributed by atoms with van der Waals surface area (Å²) in [5, 5.41) is 3.48. The number of nitrogens with one attached hydrogen (secondary N) is 1. The van der Waals surface area contributed by atoms with E-state index in [0.29, 0.717) is 34.4 Å². The van der Waals surface area contributed by atoms with Crippen molar-refractivity contribution >= 4 is 33.8 Å². The van der Waals surface area contributed by atoms with Gasteiger partial charge in [0, 0.05) is 17.6 Å². The molecular formula is C21H25N5O2S. The van der Waals surface area contributed by atoms with Gasteiger partial charge in [-0.2, -0.15) is 0 Å². The van der Waals surface area contributed by atoms with E-state index in [2.05, 4.69) is 17.2 Å². The zero-order valence-electron chi connectivity index (χ0n) is 16.9. The molecule has 3 aromatic heterocycles. The predicted molar refractivity (Wildman–Crippen MR) is 115 cm³/mol. The number of thiophene rings is 1. The minimum atomic E-state index is -0.490. The molecule has 3 aromatic rings. The molecule has 4 rings (SSSR count). The van der Waals surface area contributed by atoms with Gasteiger partial charge in [0.25, 0.3) is 11.8 Å². The van der Waals surface area contributed by atoms with Crippen molar-refractivity contribution in [2.75, 3.05) is 19.4 Å². The van der Waals surface area contributed by atoms with Crippen LogP contribution in [-0.2, 0) is 19.4 Å². The van der Waals surface area contributed by atoms with E-state index in [1.807, 2.05) is 47.8 Å². The first-order valence-corrected chi connectivity index (χ1v) is 10.5. The zero-order chi connectivity index (χ0) is 20.7. The van der Waals surface area contributed by atoms with E-state index >= 15 is 0 Å². The number of hydrogen-bond donors (Lipinski definition) is 2. The largest absolute Gasteiger partial charge is 0.365 e. The molecule has 152 valence electrons. The van der Waals surface area contributed by atoms with E-state index < -0.39 is 5.91 Å². The van der Waals surface area contributed by atoms with Crippen LogP contribution in [0.2, 0.25) is 0 Å². The molecule has 7 nitrogen and oxygen atoms in total. The van der Waals surface area contributed by atoms with E-state index in [1.54, 1.807) is 0 Å². The second-order valence-corrected chi connectivity index (χ2v) is 9.05. The average Bonchev–Trinajstić information content (AvgIpc) is 3.19. The molecule has 0 fully saturated rings. The molecule has 0 saturated carbocycles. The van der Waals surface area contributed by atoms with Crippen LogP contribution in [0.3, 0.4) is 0 Å². The van der Waals surface area contributed by atoms with Crippen LogP contribution in [0.25, 0.3) is 5.65 Å². The first-order valence-electron chi connectivity index (χ1n) is 9.71. The second kappa shape index (κ2) is 7.61. The summed E-state index contributed by atoms with van der Waals surface area (Å²) in [7, 11) is 3.90. The average molecular weight is 412 g/mol. The molecule has 29 heavy (non-hydrogen) atoms. The van der Waals surface area contributed by atoms with E-state index in [4.69, 9.17) is 5.73 Å². The van der Waals surface area contributed by atoms with Crippen LogP contribution in [0.15, 0.2) is 24.4 Å². The van der Waals surface area contributed by atoms with Crippen LogP contribution in [0.5, 0.6) is 0 Å². The smallest absolute Gasteiger partial charge is 0.276 e. The quantitative estimate of drug-likeness (QED) is 0.675. The number of imidazole rings is 1. The Morgan fingerprint density at radius 1 is 1.38 bits per heavy atom. The van der Waals surface area contributed by atoms with Gasteiger partial charge in [0.2, 0.25) is 0 Å². The molecule has 3 heterocycles. The number of aromatic nitrogens is 2. The Hall–Kier alpha value is -2.71. The van der Waals surface area contributed by atoms with Gasteiger partial charge in [0.05, 0.1) is 11.3 Å². The summed E-state index contributed by atoms with van der Waals surface area (Å²) in [5.41, 5.74) is 9.02. The molecule has 3 N–H and O–H groups in total. The standard InChI is InChI=1S/C21H25N5O2S/c1-12-7-8-13-15(10-12)29-21(17(13)19(22)27)24-20(28)18-14(11-25(2)3)26-9-5-4-6-16(26)23-18/h4-6,9,12H,7-8,10-11H2,1-3H3,(H2,22,27)(H,24,28). The van der Waals surface area contributed by atoms with Crippen molar-refractivity contribution in [3.63, 3.8) is 0 Å². The van der Waals surface area contributed by atoms with Crippen molar-refractivity contribution in [2.24, 2.45) is 11.7 Å². The molecule has 1 aliphatic rings. The monoisotopic (exact) mass is 411 g/mol. The third-order valence-electron chi connectivity index (χ3n) is 5.30. The van der Waals surface area contributed by atoms with E-state index in [1.165, 1.54) is 11.3 Å². The Labute approximate surface area is 173 Å². The maximum absolute atomic E-state index is 13.2. The summed E-state index contributed by atoms with van der Waals surface area (Å²) in [4.78, 5) is 33.0. The van der Waals surface area contributed by atoms with Gasteiger partial charge in [-0.1, -0.05) is 13.0 Å². The van der Waals surface area contributed by atoms with Gasteiger partial charge in [-0.3, -0.25) is 9.59 Å². The maximum Gasteiger partial charge on any atom is 0.276 e. The first-order chi connectivity index (χ1) is 13.8. The molecule has 8 heteroatoms. The summed E-state index contributed by atoms with van der Waals surface area (Å²) in [6, 6.07) is 5.67. The summed E-state index contributed by atoms with van der Waals surface area (Å²) in [5.74, 6) is -0.244. The van der Waals surface area contributed by atoms with Gasteiger partial charge < -0.3 is 20.4 Å². The predicted octanol–water partition coefficient (Wildman–Crippen LogP) is 2.93. The topological polar surface area (TPSA) is 92.7 Å². The number of hydrogen-bond acceptors (Lipinski definition) is 5. The molecule has 0 bridgehead atoms. The van der Waals surface area contributed by atoms with E-state index in [9.17, 15) is 9.59 Å². The number of carbonyl (C=O) groups excluding carboxylic acids is 2. The lowest BCUT2D eigenvalue weighted by Gasteiger charge is -2.18. The van der Waals surface area contributed by atoms with E-state index in [-0.39, 0.29) is 5.91 Å². The Morgan fingerprint density at radius 2 is 2.17 bits per heavy atom. The number of anilines is 1. The number of amides is 2. The van der Waals surface area contributed by atoms with Gasteiger partial charge in [-0.05, 0) is 57.0 Å². The number of nitrogens with two attached hydrogens (primary N) is 1. The minimum Gasteiger partial charge on any atom is -0.365 e. The Balaban J connectivity index is 1.73. The fraction of sp³-hybridized carbons (Fsp3) is 0.381. The lowest BCUT2D eigenvalue weighted by molar-refractivity contribution is 0.1000. The molecule has 0 saturated heterocycles. The minimum absolute atomic E-state index is 0.320. The third kappa shape index (κ3) is 3.65. The van der Waals surface area contributed by atoms with Gasteiger partial charge in [-0.15, -0.1) is 11.3 Å². The van der Waals surface area contributed by atoms with Gasteiger partial charge >= 0.3 is 0 Å². The van der Waals surface area contributed by atoms with Crippen LogP contribution >= 0.6 is 11.3 Å². The van der Waals surface area contributed by atoms with Crippen LogP contribution in [0, 0.1) is 5.92 Å². The Morgan fingerprint density at radius 3 is 2.90 bits per heavy atom. The van der Waals surface area contributed by atoms with Crippen molar-refractivity contribution < 1.29 is 9.59 Å². The van der Waals surface area contributed by atoms with Crippen molar-refractivity contribution in [3.8, 4) is 0 Å². The summed E-state index contributed by atoms with van der Waals surface area (Å²) >= 11 is 1.47. The maximum atomic E-state index is 13.2. The lowest BCUT2D eigenvalue weighted by atomic mass is 9.88. The Bertz CT molecular complexity index is 1100. The molecule has 0 radical (unpaired) electrons. The fourth-order valence-electron chi connectivity index (χ4n) is 3.94. The highest BCUT2D eigenvalue weighted by molar-refractivity contribution is 7.17. The van der Waals surface area contributed by atoms with Crippen LogP contribution < -0.4 is 11.1 Å². The third-order valence-corrected chi connectivity index (χ3v) is 6.46. The number of primary amides is 1. The van der Waals surface area contributed by atoms with Crippen LogP contribution in [0.1, 0.15) is 50.3 Å². The lowest BCUT2D eigenvalue weighted by Crippen LogP contribution is -2.21. The summed E-state index contributed by atoms with van der Waals surface area (Å²) < 4.78 is 1.92. The number of rotatable bonds is 5. The molecule has 0 spiro atoms. The summed E-state index contributed by atoms with van der Waals surface area (Å²) in [6.45, 7) is 2.77. The number of nitrogens with zero attached hydrogens (tertiary/aromatic N) is 3. The van der Waals surface area contributed by atoms with Crippen LogP contribution in [-0.4, -0.2) is 40.2 Å². The van der Waals surface area contributed by atoms with Crippen LogP contribution in [0.4, 0.5) is 5.00 Å². The number of carbonyl (C=O) groups is 2. The zero-order valence-corrected chi connectivity index (χ0v) is 17.7. The Kier molecular flexibility index (Phi) is 5.14. The fourth-order valence-corrected chi connectivity index (χ4v) is 5.35. The first kappa shape index (κ1) is 19.6. The molecule has 0 aliphatic heterocycles. The molecule has 0 aromatic carbocycles. The number of pyridine rings is 1. The summed E-state index contributed by atoms with van der Waals surface area (Å²) in [6.07, 6.45) is 4.66. The van der Waals surface area contributed by atoms with E-state index in [0.717, 1.165) is 35.4 Å². The van der Waals surface area contributed by atoms with Gasteiger partial charge in [0.1, 0.15) is 10.6 Å².